The summed E-state index contributed by atoms with van der Waals surface area (Å²) in [6, 6.07) is 7.82. The molecule has 0 saturated carbocycles. The van der Waals surface area contributed by atoms with Crippen LogP contribution in [-0.4, -0.2) is 25.8 Å². The molecule has 0 radical (unpaired) electrons. The van der Waals surface area contributed by atoms with Gasteiger partial charge in [-0.15, -0.1) is 0 Å². The zero-order valence-corrected chi connectivity index (χ0v) is 15.7. The van der Waals surface area contributed by atoms with Crippen LogP contribution in [0, 0.1) is 0 Å². The van der Waals surface area contributed by atoms with Crippen molar-refractivity contribution in [2.24, 2.45) is 0 Å². The van der Waals surface area contributed by atoms with Gasteiger partial charge in [0.25, 0.3) is 0 Å². The minimum absolute atomic E-state index is 0.150. The third-order valence-corrected chi connectivity index (χ3v) is 4.24. The molecule has 0 bridgehead atoms. The van der Waals surface area contributed by atoms with Crippen LogP contribution in [0.5, 0.6) is 0 Å². The van der Waals surface area contributed by atoms with Gasteiger partial charge >= 0.3 is 5.97 Å². The average molecular weight is 335 g/mol. The van der Waals surface area contributed by atoms with Gasteiger partial charge in [-0.3, -0.25) is 0 Å². The summed E-state index contributed by atoms with van der Waals surface area (Å²) in [5.74, 6) is -0.232. The highest BCUT2D eigenvalue weighted by Crippen LogP contribution is 2.14. The summed E-state index contributed by atoms with van der Waals surface area (Å²) in [6.45, 7) is 4.85. The van der Waals surface area contributed by atoms with Gasteiger partial charge < -0.3 is 9.47 Å². The van der Waals surface area contributed by atoms with E-state index in [0.717, 1.165) is 32.1 Å². The molecule has 0 amide bonds. The van der Waals surface area contributed by atoms with Crippen molar-refractivity contribution >= 4 is 5.97 Å². The normalized spacial score (nSPS) is 12.1. The van der Waals surface area contributed by atoms with E-state index in [1.54, 1.807) is 7.11 Å². The van der Waals surface area contributed by atoms with Crippen LogP contribution in [0.4, 0.5) is 0 Å². The monoisotopic (exact) mass is 334 g/mol. The van der Waals surface area contributed by atoms with Crippen molar-refractivity contribution in [3.8, 4) is 0 Å². The quantitative estimate of drug-likeness (QED) is 0.350. The molecule has 3 heteroatoms. The molecule has 136 valence electrons. The number of carbonyl (C=O) groups is 1. The third-order valence-electron chi connectivity index (χ3n) is 4.24. The molecule has 0 aliphatic rings. The fourth-order valence-electron chi connectivity index (χ4n) is 2.79. The summed E-state index contributed by atoms with van der Waals surface area (Å²) in [7, 11) is 1.66. The number of aryl methyl sites for hydroxylation is 1. The largest absolute Gasteiger partial charge is 0.456 e. The van der Waals surface area contributed by atoms with E-state index in [9.17, 15) is 4.79 Å². The van der Waals surface area contributed by atoms with Crippen LogP contribution in [0.2, 0.25) is 0 Å². The molecule has 0 aliphatic carbocycles. The van der Waals surface area contributed by atoms with Crippen molar-refractivity contribution in [3.63, 3.8) is 0 Å². The zero-order valence-electron chi connectivity index (χ0n) is 15.7. The lowest BCUT2D eigenvalue weighted by Crippen LogP contribution is -2.23. The van der Waals surface area contributed by atoms with Crippen LogP contribution in [0.25, 0.3) is 0 Å². The van der Waals surface area contributed by atoms with Crippen LogP contribution in [0.1, 0.15) is 81.1 Å². The maximum Gasteiger partial charge on any atom is 0.338 e. The van der Waals surface area contributed by atoms with E-state index < -0.39 is 0 Å². The molecule has 24 heavy (non-hydrogen) atoms. The molecule has 1 aromatic carbocycles. The van der Waals surface area contributed by atoms with Crippen LogP contribution in [0.15, 0.2) is 24.3 Å². The topological polar surface area (TPSA) is 35.5 Å². The second-order valence-electron chi connectivity index (χ2n) is 6.49. The second kappa shape index (κ2) is 13.0. The van der Waals surface area contributed by atoms with Crippen molar-refractivity contribution < 1.29 is 14.3 Å². The van der Waals surface area contributed by atoms with Crippen LogP contribution in [0.3, 0.4) is 0 Å². The molecule has 0 N–H and O–H groups in total. The Balaban J connectivity index is 2.51. The molecule has 3 nitrogen and oxygen atoms in total. The van der Waals surface area contributed by atoms with E-state index >= 15 is 0 Å². The number of hydrogen-bond acceptors (Lipinski definition) is 3. The number of methoxy groups -OCH3 is 1. The number of ether oxygens (including phenoxy) is 2. The number of hydrogen-bond donors (Lipinski definition) is 0. The van der Waals surface area contributed by atoms with Crippen LogP contribution >= 0.6 is 0 Å². The predicted molar refractivity (Wildman–Crippen MR) is 99.5 cm³/mol. The highest BCUT2D eigenvalue weighted by atomic mass is 16.6. The van der Waals surface area contributed by atoms with Crippen molar-refractivity contribution in [1.82, 2.24) is 0 Å². The maximum atomic E-state index is 12.4. The number of esters is 1. The average Bonchev–Trinajstić information content (AvgIpc) is 2.60. The Morgan fingerprint density at radius 3 is 2.50 bits per heavy atom. The van der Waals surface area contributed by atoms with Crippen molar-refractivity contribution in [1.29, 1.82) is 0 Å². The van der Waals surface area contributed by atoms with E-state index in [4.69, 9.17) is 9.47 Å². The Kier molecular flexibility index (Phi) is 11.2. The molecule has 0 aromatic heterocycles. The molecule has 0 heterocycles. The standard InChI is InChI=1S/C21H34O3/c1-4-6-8-9-10-15-20(17-23-3)24-21(22)19-14-11-13-18(16-19)12-7-5-2/h11,13-14,16,20H,4-10,12,15,17H2,1-3H3. The van der Waals surface area contributed by atoms with Gasteiger partial charge in [0.15, 0.2) is 0 Å². The number of unbranched alkanes of at least 4 members (excludes halogenated alkanes) is 5. The molecule has 0 spiro atoms. The molecule has 0 fully saturated rings. The van der Waals surface area contributed by atoms with Crippen molar-refractivity contribution in [2.75, 3.05) is 13.7 Å². The number of carbonyl (C=O) groups excluding carboxylic acids is 1. The predicted octanol–water partition coefficient (Wildman–Crippen LogP) is 5.56. The molecule has 1 rings (SSSR count). The van der Waals surface area contributed by atoms with Crippen molar-refractivity contribution in [3.05, 3.63) is 35.4 Å². The van der Waals surface area contributed by atoms with Crippen LogP contribution < -0.4 is 0 Å². The first-order valence-corrected chi connectivity index (χ1v) is 9.50. The zero-order chi connectivity index (χ0) is 17.6. The number of benzene rings is 1. The van der Waals surface area contributed by atoms with Crippen molar-refractivity contribution in [2.45, 2.75) is 77.7 Å². The Labute approximate surface area is 147 Å². The van der Waals surface area contributed by atoms with Gasteiger partial charge in [-0.05, 0) is 43.4 Å². The first kappa shape index (κ1) is 20.7. The maximum absolute atomic E-state index is 12.4. The van der Waals surface area contributed by atoms with E-state index in [1.807, 2.05) is 18.2 Å². The Bertz CT molecular complexity index is 456. The Hall–Kier alpha value is -1.35. The molecular weight excluding hydrogens is 300 g/mol. The van der Waals surface area contributed by atoms with Gasteiger partial charge in [-0.25, -0.2) is 4.79 Å². The summed E-state index contributed by atoms with van der Waals surface area (Å²) in [5, 5.41) is 0. The summed E-state index contributed by atoms with van der Waals surface area (Å²) >= 11 is 0. The lowest BCUT2D eigenvalue weighted by atomic mass is 10.1. The van der Waals surface area contributed by atoms with Gasteiger partial charge in [0.05, 0.1) is 12.2 Å². The Morgan fingerprint density at radius 1 is 1.04 bits per heavy atom. The van der Waals surface area contributed by atoms with Gasteiger partial charge in [-0.2, -0.15) is 0 Å². The third kappa shape index (κ3) is 8.49. The lowest BCUT2D eigenvalue weighted by molar-refractivity contribution is 0.00236. The minimum atomic E-state index is -0.232. The summed E-state index contributed by atoms with van der Waals surface area (Å²) in [4.78, 5) is 12.4. The summed E-state index contributed by atoms with van der Waals surface area (Å²) in [6.07, 6.45) is 10.1. The van der Waals surface area contributed by atoms with Gasteiger partial charge in [0.2, 0.25) is 0 Å². The molecular formula is C21H34O3. The SMILES string of the molecule is CCCCCCCC(COC)OC(=O)c1cccc(CCCC)c1. The second-order valence-corrected chi connectivity index (χ2v) is 6.49. The molecule has 1 aromatic rings. The minimum Gasteiger partial charge on any atom is -0.456 e. The van der Waals surface area contributed by atoms with E-state index in [1.165, 1.54) is 31.2 Å². The molecule has 0 aliphatic heterocycles. The molecule has 0 saturated heterocycles. The summed E-state index contributed by atoms with van der Waals surface area (Å²) < 4.78 is 10.9. The lowest BCUT2D eigenvalue weighted by Gasteiger charge is -2.17. The van der Waals surface area contributed by atoms with Crippen LogP contribution in [-0.2, 0) is 15.9 Å². The summed E-state index contributed by atoms with van der Waals surface area (Å²) in [5.41, 5.74) is 1.85. The smallest absolute Gasteiger partial charge is 0.338 e. The van der Waals surface area contributed by atoms with E-state index in [0.29, 0.717) is 12.2 Å². The highest BCUT2D eigenvalue weighted by Gasteiger charge is 2.16. The molecule has 1 atom stereocenters. The fraction of sp³-hybridized carbons (Fsp3) is 0.667. The first-order chi connectivity index (χ1) is 11.7. The molecule has 1 unspecified atom stereocenters. The Morgan fingerprint density at radius 2 is 1.79 bits per heavy atom. The van der Waals surface area contributed by atoms with Gasteiger partial charge in [0, 0.05) is 7.11 Å². The first-order valence-electron chi connectivity index (χ1n) is 9.50. The fourth-order valence-corrected chi connectivity index (χ4v) is 2.79. The van der Waals surface area contributed by atoms with E-state index in [2.05, 4.69) is 19.9 Å². The van der Waals surface area contributed by atoms with Gasteiger partial charge in [0.1, 0.15) is 6.10 Å². The van der Waals surface area contributed by atoms with E-state index in [-0.39, 0.29) is 12.1 Å². The highest BCUT2D eigenvalue weighted by molar-refractivity contribution is 5.89. The number of rotatable bonds is 13. The van der Waals surface area contributed by atoms with Gasteiger partial charge in [-0.1, -0.05) is 58.1 Å².